The van der Waals surface area contributed by atoms with Crippen molar-refractivity contribution in [3.63, 3.8) is 0 Å². The number of hydrogen-bond acceptors (Lipinski definition) is 4. The van der Waals surface area contributed by atoms with E-state index in [9.17, 15) is 8.42 Å². The van der Waals surface area contributed by atoms with Gasteiger partial charge in [0.1, 0.15) is 15.7 Å². The summed E-state index contributed by atoms with van der Waals surface area (Å²) < 4.78 is 23.7. The fourth-order valence-electron chi connectivity index (χ4n) is 3.59. The Morgan fingerprint density at radius 1 is 1.22 bits per heavy atom. The molecule has 0 bridgehead atoms. The zero-order chi connectivity index (χ0) is 16.4. The van der Waals surface area contributed by atoms with Gasteiger partial charge in [-0.15, -0.1) is 0 Å². The van der Waals surface area contributed by atoms with Gasteiger partial charge in [0.15, 0.2) is 0 Å². The summed E-state index contributed by atoms with van der Waals surface area (Å²) in [6.45, 7) is 3.80. The Morgan fingerprint density at radius 3 is 2.74 bits per heavy atom. The maximum absolute atomic E-state index is 11.9. The molecule has 0 amide bonds. The summed E-state index contributed by atoms with van der Waals surface area (Å²) in [4.78, 5) is 7.19. The Kier molecular flexibility index (Phi) is 4.76. The smallest absolute Gasteiger partial charge is 0.150 e. The lowest BCUT2D eigenvalue weighted by Gasteiger charge is -2.24. The first-order valence-electron chi connectivity index (χ1n) is 8.63. The molecule has 2 heterocycles. The van der Waals surface area contributed by atoms with Crippen LogP contribution in [0, 0.1) is 0 Å². The van der Waals surface area contributed by atoms with Crippen molar-refractivity contribution < 1.29 is 8.42 Å². The highest BCUT2D eigenvalue weighted by Gasteiger charge is 2.25. The third kappa shape index (κ3) is 3.60. The van der Waals surface area contributed by atoms with Crippen molar-refractivity contribution in [3.05, 3.63) is 22.2 Å². The van der Waals surface area contributed by atoms with Crippen LogP contribution in [0.15, 0.2) is 6.07 Å². The molecule has 126 valence electrons. The normalized spacial score (nSPS) is 21.8. The van der Waals surface area contributed by atoms with E-state index in [4.69, 9.17) is 4.98 Å². The Bertz CT molecular complexity index is 799. The molecular formula is C18H26N2O2S. The molecule has 23 heavy (non-hydrogen) atoms. The van der Waals surface area contributed by atoms with Crippen molar-refractivity contribution in [2.75, 3.05) is 24.2 Å². The van der Waals surface area contributed by atoms with Crippen LogP contribution in [-0.4, -0.2) is 38.0 Å². The van der Waals surface area contributed by atoms with Crippen molar-refractivity contribution in [3.8, 4) is 0 Å². The van der Waals surface area contributed by atoms with Crippen LogP contribution in [0.5, 0.6) is 0 Å². The molecule has 4 nitrogen and oxygen atoms in total. The molecule has 1 aliphatic carbocycles. The van der Waals surface area contributed by atoms with E-state index < -0.39 is 9.84 Å². The predicted octanol–water partition coefficient (Wildman–Crippen LogP) is 1.40. The van der Waals surface area contributed by atoms with E-state index in [-0.39, 0.29) is 5.25 Å². The summed E-state index contributed by atoms with van der Waals surface area (Å²) in [7, 11) is -2.95. The minimum atomic E-state index is -2.95. The van der Waals surface area contributed by atoms with Gasteiger partial charge in [-0.25, -0.2) is 13.4 Å². The molecule has 1 atom stereocenters. The summed E-state index contributed by atoms with van der Waals surface area (Å²) >= 11 is 0. The lowest BCUT2D eigenvalue weighted by molar-refractivity contribution is 0.573. The fourth-order valence-corrected chi connectivity index (χ4v) is 4.72. The Morgan fingerprint density at radius 2 is 2.00 bits per heavy atom. The standard InChI is InChI=1S/C18H26N2O2S/c1-3-15-13-14-7-4-5-9-17(14)18(19-15)20-11-6-8-16(10-12-20)23(2,21)22/h7,9,13,16H,3-6,8,10-12H2,1-2H3. The summed E-state index contributed by atoms with van der Waals surface area (Å²) in [6, 6.07) is 2.20. The second kappa shape index (κ2) is 6.63. The second-order valence-electron chi connectivity index (χ2n) is 6.65. The van der Waals surface area contributed by atoms with Crippen LogP contribution in [0.2, 0.25) is 0 Å². The third-order valence-corrected chi connectivity index (χ3v) is 6.63. The molecule has 3 rings (SSSR count). The molecule has 0 radical (unpaired) electrons. The Balaban J connectivity index is 1.96. The molecule has 0 saturated carbocycles. The van der Waals surface area contributed by atoms with Gasteiger partial charge >= 0.3 is 0 Å². The molecule has 1 aliphatic heterocycles. The van der Waals surface area contributed by atoms with Gasteiger partial charge in [-0.1, -0.05) is 19.1 Å². The van der Waals surface area contributed by atoms with E-state index in [0.717, 1.165) is 56.7 Å². The number of hydrogen-bond donors (Lipinski definition) is 0. The summed E-state index contributed by atoms with van der Waals surface area (Å²) in [5, 5.41) is 2.33. The van der Waals surface area contributed by atoms with Gasteiger partial charge in [0.2, 0.25) is 0 Å². The van der Waals surface area contributed by atoms with E-state index >= 15 is 0 Å². The number of anilines is 1. The van der Waals surface area contributed by atoms with Crippen LogP contribution in [0.3, 0.4) is 0 Å². The van der Waals surface area contributed by atoms with Gasteiger partial charge < -0.3 is 4.90 Å². The van der Waals surface area contributed by atoms with Gasteiger partial charge in [0.25, 0.3) is 0 Å². The number of rotatable bonds is 3. The maximum Gasteiger partial charge on any atom is 0.150 e. The molecule has 0 spiro atoms. The molecule has 1 unspecified atom stereocenters. The average Bonchev–Trinajstić information content (AvgIpc) is 2.79. The van der Waals surface area contributed by atoms with Crippen LogP contribution in [0.1, 0.15) is 44.7 Å². The van der Waals surface area contributed by atoms with Crippen LogP contribution >= 0.6 is 0 Å². The number of fused-ring (bicyclic) bond motifs is 1. The minimum absolute atomic E-state index is 0.201. The monoisotopic (exact) mass is 334 g/mol. The van der Waals surface area contributed by atoms with E-state index in [1.54, 1.807) is 0 Å². The lowest BCUT2D eigenvalue weighted by atomic mass is 10.1. The van der Waals surface area contributed by atoms with Crippen molar-refractivity contribution in [2.45, 2.75) is 50.7 Å². The largest absolute Gasteiger partial charge is 0.356 e. The number of aromatic nitrogens is 1. The van der Waals surface area contributed by atoms with Crippen molar-refractivity contribution in [2.24, 2.45) is 0 Å². The van der Waals surface area contributed by atoms with Crippen LogP contribution < -0.4 is 15.3 Å². The van der Waals surface area contributed by atoms with Crippen molar-refractivity contribution in [1.82, 2.24) is 4.98 Å². The predicted molar refractivity (Wildman–Crippen MR) is 95.7 cm³/mol. The average molecular weight is 334 g/mol. The molecule has 1 aromatic heterocycles. The Labute approximate surface area is 138 Å². The highest BCUT2D eigenvalue weighted by Crippen LogP contribution is 2.20. The van der Waals surface area contributed by atoms with Crippen LogP contribution in [0.25, 0.3) is 12.2 Å². The first-order chi connectivity index (χ1) is 11.0. The molecule has 1 saturated heterocycles. The summed E-state index contributed by atoms with van der Waals surface area (Å²) in [5.41, 5.74) is 1.12. The maximum atomic E-state index is 11.9. The van der Waals surface area contributed by atoms with Crippen molar-refractivity contribution >= 4 is 27.8 Å². The van der Waals surface area contributed by atoms with Gasteiger partial charge in [0, 0.05) is 30.3 Å². The van der Waals surface area contributed by atoms with Gasteiger partial charge in [-0.2, -0.15) is 0 Å². The van der Waals surface area contributed by atoms with E-state index in [1.807, 2.05) is 0 Å². The molecule has 0 N–H and O–H groups in total. The zero-order valence-corrected chi connectivity index (χ0v) is 14.9. The van der Waals surface area contributed by atoms with Gasteiger partial charge in [0.05, 0.1) is 5.25 Å². The topological polar surface area (TPSA) is 50.3 Å². The SMILES string of the molecule is CCc1cc2c(c(N3CCCC(S(C)(=O)=O)CC3)n1)=CCCC=2. The number of sulfone groups is 1. The second-order valence-corrected chi connectivity index (χ2v) is 8.97. The minimum Gasteiger partial charge on any atom is -0.356 e. The highest BCUT2D eigenvalue weighted by atomic mass is 32.2. The molecular weight excluding hydrogens is 308 g/mol. The first-order valence-corrected chi connectivity index (χ1v) is 10.6. The van der Waals surface area contributed by atoms with Crippen molar-refractivity contribution in [1.29, 1.82) is 0 Å². The molecule has 5 heteroatoms. The zero-order valence-electron chi connectivity index (χ0n) is 14.1. The highest BCUT2D eigenvalue weighted by molar-refractivity contribution is 7.91. The molecule has 1 fully saturated rings. The summed E-state index contributed by atoms with van der Waals surface area (Å²) in [6.07, 6.45) is 11.4. The van der Waals surface area contributed by atoms with Gasteiger partial charge in [-0.3, -0.25) is 0 Å². The fraction of sp³-hybridized carbons (Fsp3) is 0.611. The molecule has 2 aliphatic rings. The number of nitrogens with zero attached hydrogens (tertiary/aromatic N) is 2. The van der Waals surface area contributed by atoms with E-state index in [0.29, 0.717) is 6.42 Å². The van der Waals surface area contributed by atoms with E-state index in [1.165, 1.54) is 16.7 Å². The first kappa shape index (κ1) is 16.5. The summed E-state index contributed by atoms with van der Waals surface area (Å²) in [5.74, 6) is 1.06. The quantitative estimate of drug-likeness (QED) is 0.838. The molecule has 1 aromatic rings. The van der Waals surface area contributed by atoms with Crippen LogP contribution in [-0.2, 0) is 16.3 Å². The lowest BCUT2D eigenvalue weighted by Crippen LogP contribution is -2.38. The number of pyridine rings is 1. The van der Waals surface area contributed by atoms with Crippen LogP contribution in [0.4, 0.5) is 5.82 Å². The third-order valence-electron chi connectivity index (χ3n) is 4.95. The van der Waals surface area contributed by atoms with E-state index in [2.05, 4.69) is 30.0 Å². The number of aryl methyl sites for hydroxylation is 1. The molecule has 0 aromatic carbocycles. The van der Waals surface area contributed by atoms with Gasteiger partial charge in [-0.05, 0) is 49.8 Å². The Hall–Kier alpha value is -1.36.